The Balaban J connectivity index is 1.48. The number of hydrogen-bond acceptors (Lipinski definition) is 3. The topological polar surface area (TPSA) is 61.4 Å². The molecule has 2 aromatic carbocycles. The molecule has 1 aliphatic heterocycles. The average molecular weight is 380 g/mol. The number of carbonyl (C=O) groups excluding carboxylic acids is 2. The Labute approximate surface area is 167 Å². The summed E-state index contributed by atoms with van der Waals surface area (Å²) in [6.07, 6.45) is 2.13. The maximum Gasteiger partial charge on any atom is 0.253 e. The fourth-order valence-corrected chi connectivity index (χ4v) is 3.40. The van der Waals surface area contributed by atoms with E-state index in [1.54, 1.807) is 24.3 Å². The zero-order chi connectivity index (χ0) is 19.9. The molecule has 148 valence electrons. The molecule has 0 spiro atoms. The van der Waals surface area contributed by atoms with Crippen LogP contribution in [-0.2, 0) is 4.79 Å². The van der Waals surface area contributed by atoms with Gasteiger partial charge in [-0.2, -0.15) is 0 Å². The van der Waals surface area contributed by atoms with Crippen molar-refractivity contribution in [3.8, 4) is 0 Å². The van der Waals surface area contributed by atoms with Crippen molar-refractivity contribution in [3.05, 3.63) is 65.7 Å². The van der Waals surface area contributed by atoms with Gasteiger partial charge in [0.05, 0.1) is 6.54 Å². The number of anilines is 1. The van der Waals surface area contributed by atoms with Gasteiger partial charge in [0.15, 0.2) is 0 Å². The van der Waals surface area contributed by atoms with Gasteiger partial charge in [-0.1, -0.05) is 37.3 Å². The van der Waals surface area contributed by atoms with Crippen molar-refractivity contribution in [3.63, 3.8) is 0 Å². The minimum absolute atomic E-state index is 0.0723. The predicted molar refractivity (Wildman–Crippen MR) is 112 cm³/mol. The highest BCUT2D eigenvalue weighted by Crippen LogP contribution is 2.19. The number of piperidine rings is 1. The summed E-state index contributed by atoms with van der Waals surface area (Å²) in [6.45, 7) is 6.13. The number of nitrogens with zero attached hydrogens (tertiary/aromatic N) is 1. The molecule has 0 bridgehead atoms. The molecule has 1 saturated heterocycles. The highest BCUT2D eigenvalue weighted by atomic mass is 16.2. The maximum absolute atomic E-state index is 12.6. The standard InChI is InChI=1S/C23H29N3O2/c1-17-12-14-26(15-13-17)23(28)20-8-10-21(11-9-20)25-22(27)16-24-18(2)19-6-4-3-5-7-19/h3-11,17-18,24H,12-16H2,1-2H3,(H,25,27). The molecule has 1 atom stereocenters. The van der Waals surface area contributed by atoms with Crippen LogP contribution in [0.25, 0.3) is 0 Å². The third-order valence-corrected chi connectivity index (χ3v) is 5.35. The van der Waals surface area contributed by atoms with E-state index in [1.807, 2.05) is 42.2 Å². The zero-order valence-electron chi connectivity index (χ0n) is 16.7. The Hall–Kier alpha value is -2.66. The fraction of sp³-hybridized carbons (Fsp3) is 0.391. The number of likely N-dealkylation sites (tertiary alicyclic amines) is 1. The van der Waals surface area contributed by atoms with E-state index in [-0.39, 0.29) is 24.4 Å². The Morgan fingerprint density at radius 1 is 1.04 bits per heavy atom. The molecule has 1 unspecified atom stereocenters. The third kappa shape index (κ3) is 5.42. The summed E-state index contributed by atoms with van der Waals surface area (Å²) in [5, 5.41) is 6.10. The van der Waals surface area contributed by atoms with Gasteiger partial charge < -0.3 is 15.5 Å². The highest BCUT2D eigenvalue weighted by Gasteiger charge is 2.21. The molecule has 1 fully saturated rings. The van der Waals surface area contributed by atoms with Gasteiger partial charge in [-0.15, -0.1) is 0 Å². The van der Waals surface area contributed by atoms with Crippen molar-refractivity contribution >= 4 is 17.5 Å². The van der Waals surface area contributed by atoms with Crippen molar-refractivity contribution in [2.24, 2.45) is 5.92 Å². The van der Waals surface area contributed by atoms with E-state index in [2.05, 4.69) is 17.6 Å². The van der Waals surface area contributed by atoms with Crippen molar-refractivity contribution < 1.29 is 9.59 Å². The normalized spacial score (nSPS) is 15.9. The first-order chi connectivity index (χ1) is 13.5. The van der Waals surface area contributed by atoms with E-state index < -0.39 is 0 Å². The van der Waals surface area contributed by atoms with Gasteiger partial charge in [0.25, 0.3) is 5.91 Å². The van der Waals surface area contributed by atoms with Gasteiger partial charge >= 0.3 is 0 Å². The van der Waals surface area contributed by atoms with Gasteiger partial charge in [-0.05, 0) is 55.5 Å². The first-order valence-electron chi connectivity index (χ1n) is 10.0. The summed E-state index contributed by atoms with van der Waals surface area (Å²) in [5.74, 6) is 0.662. The van der Waals surface area contributed by atoms with E-state index >= 15 is 0 Å². The minimum atomic E-state index is -0.105. The number of hydrogen-bond donors (Lipinski definition) is 2. The number of carbonyl (C=O) groups is 2. The molecule has 1 heterocycles. The first kappa shape index (κ1) is 20.1. The van der Waals surface area contributed by atoms with E-state index in [0.717, 1.165) is 31.5 Å². The molecular weight excluding hydrogens is 350 g/mol. The van der Waals surface area contributed by atoms with Crippen LogP contribution in [0.4, 0.5) is 5.69 Å². The third-order valence-electron chi connectivity index (χ3n) is 5.35. The Morgan fingerprint density at radius 3 is 2.32 bits per heavy atom. The van der Waals surface area contributed by atoms with Crippen molar-refractivity contribution in [1.29, 1.82) is 0 Å². The fourth-order valence-electron chi connectivity index (χ4n) is 3.40. The molecule has 28 heavy (non-hydrogen) atoms. The lowest BCUT2D eigenvalue weighted by Gasteiger charge is -2.30. The largest absolute Gasteiger partial charge is 0.339 e. The molecule has 0 aliphatic carbocycles. The SMILES string of the molecule is CC1CCN(C(=O)c2ccc(NC(=O)CNC(C)c3ccccc3)cc2)CC1. The lowest BCUT2D eigenvalue weighted by Crippen LogP contribution is -2.37. The summed E-state index contributed by atoms with van der Waals surface area (Å²) in [5.41, 5.74) is 2.51. The monoisotopic (exact) mass is 379 g/mol. The van der Waals surface area contributed by atoms with Gasteiger partial charge in [0, 0.05) is 30.4 Å². The highest BCUT2D eigenvalue weighted by molar-refractivity contribution is 5.96. The molecule has 2 N–H and O–H groups in total. The number of amides is 2. The Morgan fingerprint density at radius 2 is 1.68 bits per heavy atom. The van der Waals surface area contributed by atoms with Crippen molar-refractivity contribution in [2.45, 2.75) is 32.7 Å². The molecule has 5 nitrogen and oxygen atoms in total. The zero-order valence-corrected chi connectivity index (χ0v) is 16.7. The second-order valence-corrected chi connectivity index (χ2v) is 7.61. The van der Waals surface area contributed by atoms with Gasteiger partial charge in [-0.3, -0.25) is 9.59 Å². The van der Waals surface area contributed by atoms with Crippen LogP contribution in [-0.4, -0.2) is 36.3 Å². The summed E-state index contributed by atoms with van der Waals surface area (Å²) < 4.78 is 0. The summed E-state index contributed by atoms with van der Waals surface area (Å²) in [6, 6.07) is 17.3. The van der Waals surface area contributed by atoms with Gasteiger partial charge in [-0.25, -0.2) is 0 Å². The molecule has 1 aliphatic rings. The molecular formula is C23H29N3O2. The van der Waals surface area contributed by atoms with Crippen LogP contribution in [0.15, 0.2) is 54.6 Å². The van der Waals surface area contributed by atoms with E-state index in [4.69, 9.17) is 0 Å². The molecule has 5 heteroatoms. The van der Waals surface area contributed by atoms with Crippen LogP contribution in [0.2, 0.25) is 0 Å². The van der Waals surface area contributed by atoms with E-state index in [1.165, 1.54) is 0 Å². The van der Waals surface area contributed by atoms with E-state index in [0.29, 0.717) is 17.2 Å². The Kier molecular flexibility index (Phi) is 6.82. The van der Waals surface area contributed by atoms with Crippen molar-refractivity contribution in [2.75, 3.05) is 25.0 Å². The molecule has 2 amide bonds. The van der Waals surface area contributed by atoms with Gasteiger partial charge in [0.1, 0.15) is 0 Å². The van der Waals surface area contributed by atoms with Crippen LogP contribution in [0.3, 0.4) is 0 Å². The Bertz CT molecular complexity index is 781. The van der Waals surface area contributed by atoms with Crippen LogP contribution >= 0.6 is 0 Å². The van der Waals surface area contributed by atoms with Crippen LogP contribution in [0.5, 0.6) is 0 Å². The summed E-state index contributed by atoms with van der Waals surface area (Å²) in [7, 11) is 0. The van der Waals surface area contributed by atoms with Gasteiger partial charge in [0.2, 0.25) is 5.91 Å². The summed E-state index contributed by atoms with van der Waals surface area (Å²) in [4.78, 5) is 26.7. The van der Waals surface area contributed by atoms with Crippen LogP contribution in [0.1, 0.15) is 48.7 Å². The maximum atomic E-state index is 12.6. The molecule has 0 aromatic heterocycles. The van der Waals surface area contributed by atoms with Crippen LogP contribution < -0.4 is 10.6 Å². The van der Waals surface area contributed by atoms with Crippen LogP contribution in [0, 0.1) is 5.92 Å². The number of rotatable bonds is 6. The number of benzene rings is 2. The first-order valence-corrected chi connectivity index (χ1v) is 10.0. The quantitative estimate of drug-likeness (QED) is 0.801. The molecule has 0 radical (unpaired) electrons. The lowest BCUT2D eigenvalue weighted by atomic mass is 9.98. The number of nitrogens with one attached hydrogen (secondary N) is 2. The lowest BCUT2D eigenvalue weighted by molar-refractivity contribution is -0.115. The molecule has 3 rings (SSSR count). The smallest absolute Gasteiger partial charge is 0.253 e. The second-order valence-electron chi connectivity index (χ2n) is 7.61. The predicted octanol–water partition coefficient (Wildman–Crippen LogP) is 3.85. The second kappa shape index (κ2) is 9.51. The molecule has 0 saturated carbocycles. The van der Waals surface area contributed by atoms with E-state index in [9.17, 15) is 9.59 Å². The molecule has 2 aromatic rings. The average Bonchev–Trinajstić information content (AvgIpc) is 2.73. The minimum Gasteiger partial charge on any atom is -0.339 e. The van der Waals surface area contributed by atoms with Crippen molar-refractivity contribution in [1.82, 2.24) is 10.2 Å². The summed E-state index contributed by atoms with van der Waals surface area (Å²) >= 11 is 0.